The maximum Gasteiger partial charge on any atom is 0.213 e. The predicted molar refractivity (Wildman–Crippen MR) is 104 cm³/mol. The minimum Gasteiger partial charge on any atom is -0.508 e. The molecule has 0 bridgehead atoms. The Morgan fingerprint density at radius 2 is 1.56 bits per heavy atom. The van der Waals surface area contributed by atoms with E-state index in [9.17, 15) is 5.11 Å². The lowest BCUT2D eigenvalue weighted by atomic mass is 10.1. The number of phenols is 1. The van der Waals surface area contributed by atoms with Gasteiger partial charge in [-0.05, 0) is 42.5 Å². The van der Waals surface area contributed by atoms with E-state index in [0.29, 0.717) is 12.1 Å². The van der Waals surface area contributed by atoms with Crippen LogP contribution in [0, 0.1) is 10.2 Å². The Morgan fingerprint density at radius 1 is 0.906 bits per heavy atom. The molecule has 0 aliphatic rings. The molecule has 1 aromatic heterocycles. The molecule has 4 rings (SSSR count). The molecule has 8 nitrogen and oxygen atoms in total. The first kappa shape index (κ1) is 23.3. The number of hydrogen-bond donors (Lipinski definition) is 2. The lowest BCUT2D eigenvalue weighted by molar-refractivity contribution is -2.00. The highest BCUT2D eigenvalue weighted by molar-refractivity contribution is 5.79. The summed E-state index contributed by atoms with van der Waals surface area (Å²) in [5.41, 5.74) is 2.84. The minimum absolute atomic E-state index is 0.206. The normalized spacial score (nSPS) is 11.7. The van der Waals surface area contributed by atoms with Gasteiger partial charge in [-0.2, -0.15) is 0 Å². The summed E-state index contributed by atoms with van der Waals surface area (Å²) < 4.78 is 45.3. The summed E-state index contributed by atoms with van der Waals surface area (Å²) in [6, 6.07) is 25.0. The second kappa shape index (κ2) is 10.3. The molecule has 1 heterocycles. The number of fused-ring (bicyclic) bond motifs is 1. The van der Waals surface area contributed by atoms with Crippen molar-refractivity contribution in [2.24, 2.45) is 0 Å². The zero-order chi connectivity index (χ0) is 23.1. The first-order valence-electron chi connectivity index (χ1n) is 9.37. The fourth-order valence-corrected chi connectivity index (χ4v) is 3.01. The average Bonchev–Trinajstić information content (AvgIpc) is 2.77. The Bertz CT molecular complexity index is 1230. The third-order valence-electron chi connectivity index (χ3n) is 4.45. The molecule has 0 saturated carbocycles. The summed E-state index contributed by atoms with van der Waals surface area (Å²) in [5.74, 6) is 1.75. The number of aromatic hydroxyl groups is 1. The van der Waals surface area contributed by atoms with Crippen molar-refractivity contribution in [1.29, 1.82) is 0 Å². The van der Waals surface area contributed by atoms with Crippen LogP contribution < -0.4 is 33.7 Å². The SMILES string of the molecule is COc1ccc(-c2cc(=[NH+]Cc3ccccc3)c3cc(O)ccc3o2)cc1.[O-][Cl+3]([O-])([O-])[O-]. The van der Waals surface area contributed by atoms with E-state index in [1.165, 1.54) is 5.56 Å². The predicted octanol–water partition coefficient (Wildman–Crippen LogP) is -1.76. The molecule has 0 unspecified atom stereocenters. The van der Waals surface area contributed by atoms with Crippen LogP contribution in [0.3, 0.4) is 0 Å². The van der Waals surface area contributed by atoms with Crippen LogP contribution in [-0.4, -0.2) is 12.2 Å². The number of phenolic OH excluding ortho intramolecular Hbond substituents is 1. The van der Waals surface area contributed by atoms with Gasteiger partial charge in [0.15, 0.2) is 6.54 Å². The Labute approximate surface area is 185 Å². The fourth-order valence-electron chi connectivity index (χ4n) is 3.01. The molecule has 0 aliphatic heterocycles. The molecule has 0 atom stereocenters. The van der Waals surface area contributed by atoms with E-state index >= 15 is 0 Å². The molecule has 3 aromatic carbocycles. The van der Waals surface area contributed by atoms with Crippen LogP contribution in [0.1, 0.15) is 5.56 Å². The molecule has 166 valence electrons. The summed E-state index contributed by atoms with van der Waals surface area (Å²) >= 11 is 0. The maximum atomic E-state index is 9.90. The van der Waals surface area contributed by atoms with Gasteiger partial charge in [0.2, 0.25) is 5.36 Å². The van der Waals surface area contributed by atoms with Crippen LogP contribution in [0.25, 0.3) is 22.3 Å². The van der Waals surface area contributed by atoms with Gasteiger partial charge < -0.3 is 14.3 Å². The molecular weight excluding hydrogens is 438 g/mol. The second-order valence-corrected chi connectivity index (χ2v) is 7.41. The summed E-state index contributed by atoms with van der Waals surface area (Å²) in [4.78, 5) is 3.47. The molecule has 4 aromatic rings. The van der Waals surface area contributed by atoms with Crippen molar-refractivity contribution in [2.75, 3.05) is 7.11 Å². The van der Waals surface area contributed by atoms with Crippen molar-refractivity contribution in [3.63, 3.8) is 0 Å². The van der Waals surface area contributed by atoms with Crippen LogP contribution in [0.15, 0.2) is 83.3 Å². The minimum atomic E-state index is -4.94. The quantitative estimate of drug-likeness (QED) is 0.368. The van der Waals surface area contributed by atoms with E-state index in [1.54, 1.807) is 25.3 Å². The van der Waals surface area contributed by atoms with Crippen molar-refractivity contribution < 1.29 is 48.1 Å². The monoisotopic (exact) mass is 457 g/mol. The fraction of sp³-hybridized carbons (Fsp3) is 0.0870. The Balaban J connectivity index is 0.000000523. The number of nitrogens with one attached hydrogen (secondary N) is 1. The molecule has 0 aliphatic carbocycles. The van der Waals surface area contributed by atoms with Gasteiger partial charge in [-0.3, -0.25) is 0 Å². The van der Waals surface area contributed by atoms with E-state index < -0.39 is 10.2 Å². The number of hydrogen-bond acceptors (Lipinski definition) is 7. The van der Waals surface area contributed by atoms with E-state index in [4.69, 9.17) is 27.8 Å². The molecule has 0 saturated heterocycles. The summed E-state index contributed by atoms with van der Waals surface area (Å²) in [5, 5.41) is 11.6. The van der Waals surface area contributed by atoms with Gasteiger partial charge >= 0.3 is 0 Å². The third kappa shape index (κ3) is 6.81. The van der Waals surface area contributed by atoms with Crippen LogP contribution in [0.5, 0.6) is 11.5 Å². The van der Waals surface area contributed by atoms with Crippen LogP contribution in [0.4, 0.5) is 0 Å². The van der Waals surface area contributed by atoms with Gasteiger partial charge in [0.25, 0.3) is 0 Å². The summed E-state index contributed by atoms with van der Waals surface area (Å²) in [6.07, 6.45) is 0. The zero-order valence-electron chi connectivity index (χ0n) is 17.0. The van der Waals surface area contributed by atoms with Crippen molar-refractivity contribution >= 4 is 11.0 Å². The van der Waals surface area contributed by atoms with Crippen molar-refractivity contribution in [3.8, 4) is 22.8 Å². The van der Waals surface area contributed by atoms with Crippen molar-refractivity contribution in [2.45, 2.75) is 6.54 Å². The molecule has 0 fully saturated rings. The van der Waals surface area contributed by atoms with Crippen molar-refractivity contribution in [1.82, 2.24) is 0 Å². The van der Waals surface area contributed by atoms with Gasteiger partial charge in [-0.15, -0.1) is 10.2 Å². The number of rotatable bonds is 4. The molecule has 0 amide bonds. The van der Waals surface area contributed by atoms with E-state index in [1.807, 2.05) is 48.5 Å². The maximum absolute atomic E-state index is 9.90. The number of halogens is 1. The van der Waals surface area contributed by atoms with Gasteiger partial charge in [-0.1, -0.05) is 30.3 Å². The highest BCUT2D eigenvalue weighted by atomic mass is 35.7. The number of benzene rings is 3. The standard InChI is InChI=1S/C23H19NO3.ClHO4/c1-26-19-10-7-17(8-11-19)23-14-21(24-15-16-5-3-2-4-6-16)20-13-18(25)9-12-22(20)27-23;2-1(3,4)5/h2-14,25H,15H2,1H3;(H,2,3,4,5). The van der Waals surface area contributed by atoms with Crippen LogP contribution >= 0.6 is 0 Å². The van der Waals surface area contributed by atoms with E-state index in [-0.39, 0.29) is 5.75 Å². The number of methoxy groups -OCH3 is 1. The van der Waals surface area contributed by atoms with Crippen LogP contribution in [-0.2, 0) is 6.54 Å². The van der Waals surface area contributed by atoms with E-state index in [2.05, 4.69) is 17.1 Å². The number of ether oxygens (including phenoxy) is 1. The summed E-state index contributed by atoms with van der Waals surface area (Å²) in [6.45, 7) is 0.678. The van der Waals surface area contributed by atoms with Crippen molar-refractivity contribution in [3.05, 3.63) is 89.8 Å². The van der Waals surface area contributed by atoms with Gasteiger partial charge in [0.1, 0.15) is 22.8 Å². The largest absolute Gasteiger partial charge is 0.508 e. The van der Waals surface area contributed by atoms with Gasteiger partial charge in [-0.25, -0.2) is 23.6 Å². The second-order valence-electron chi connectivity index (χ2n) is 6.65. The smallest absolute Gasteiger partial charge is 0.213 e. The topological polar surface area (TPSA) is 149 Å². The molecule has 0 spiro atoms. The Hall–Kier alpha value is -3.40. The lowest BCUT2D eigenvalue weighted by Gasteiger charge is -2.17. The highest BCUT2D eigenvalue weighted by Crippen LogP contribution is 2.25. The Kier molecular flexibility index (Phi) is 7.47. The Morgan fingerprint density at radius 3 is 2.19 bits per heavy atom. The molecule has 9 heteroatoms. The molecule has 32 heavy (non-hydrogen) atoms. The van der Waals surface area contributed by atoms with Gasteiger partial charge in [0.05, 0.1) is 18.6 Å². The molecule has 2 N–H and O–H groups in total. The van der Waals surface area contributed by atoms with Gasteiger partial charge in [0, 0.05) is 11.1 Å². The average molecular weight is 458 g/mol. The summed E-state index contributed by atoms with van der Waals surface area (Å²) in [7, 11) is -3.30. The molecule has 0 radical (unpaired) electrons. The zero-order valence-corrected chi connectivity index (χ0v) is 17.7. The molecular formula is C23H20ClNO7. The lowest BCUT2D eigenvalue weighted by Crippen LogP contribution is -2.75. The van der Waals surface area contributed by atoms with E-state index in [0.717, 1.165) is 27.8 Å². The first-order chi connectivity index (χ1) is 15.2. The van der Waals surface area contributed by atoms with Crippen LogP contribution in [0.2, 0.25) is 0 Å². The first-order valence-corrected chi connectivity index (χ1v) is 10.6. The highest BCUT2D eigenvalue weighted by Gasteiger charge is 2.10. The third-order valence-corrected chi connectivity index (χ3v) is 4.45.